The third kappa shape index (κ3) is 4.68. The number of nitrogens with zero attached hydrogens (tertiary/aromatic N) is 1. The van der Waals surface area contributed by atoms with Gasteiger partial charge in [-0.05, 0) is 29.8 Å². The third-order valence-electron chi connectivity index (χ3n) is 2.48. The molecule has 1 aromatic heterocycles. The number of ether oxygens (including phenoxy) is 1. The van der Waals surface area contributed by atoms with Gasteiger partial charge in [0.05, 0.1) is 6.20 Å². The Hall–Kier alpha value is -2.76. The topological polar surface area (TPSA) is 59.4 Å². The minimum atomic E-state index is -1.13. The predicted octanol–water partition coefficient (Wildman–Crippen LogP) is 3.04. The maximum absolute atomic E-state index is 13.4. The molecule has 0 amide bonds. The molecule has 2 aromatic rings. The highest BCUT2D eigenvalue weighted by Gasteiger charge is 2.02. The Morgan fingerprint density at radius 3 is 2.71 bits per heavy atom. The number of pyridine rings is 1. The van der Waals surface area contributed by atoms with Gasteiger partial charge in [0.25, 0.3) is 0 Å². The lowest BCUT2D eigenvalue weighted by molar-refractivity contribution is -0.131. The SMILES string of the molecule is O=C(O)/C=C/c1cc(F)cc(OCc2cncc(F)c2)c1. The lowest BCUT2D eigenvalue weighted by Crippen LogP contribution is -1.97. The summed E-state index contributed by atoms with van der Waals surface area (Å²) in [6.45, 7) is 0.0241. The van der Waals surface area contributed by atoms with Crippen LogP contribution in [0.5, 0.6) is 5.75 Å². The van der Waals surface area contributed by atoms with Crippen molar-refractivity contribution < 1.29 is 23.4 Å². The molecular formula is C15H11F2NO3. The van der Waals surface area contributed by atoms with Gasteiger partial charge in [0.1, 0.15) is 24.0 Å². The van der Waals surface area contributed by atoms with Crippen LogP contribution in [-0.4, -0.2) is 16.1 Å². The first-order chi connectivity index (χ1) is 10.0. The largest absolute Gasteiger partial charge is 0.489 e. The molecule has 0 atom stereocenters. The van der Waals surface area contributed by atoms with E-state index in [1.807, 2.05) is 0 Å². The van der Waals surface area contributed by atoms with E-state index in [2.05, 4.69) is 4.98 Å². The van der Waals surface area contributed by atoms with E-state index >= 15 is 0 Å². The Labute approximate surface area is 119 Å². The van der Waals surface area contributed by atoms with Crippen LogP contribution in [0.1, 0.15) is 11.1 Å². The minimum Gasteiger partial charge on any atom is -0.489 e. The highest BCUT2D eigenvalue weighted by Crippen LogP contribution is 2.19. The first-order valence-corrected chi connectivity index (χ1v) is 5.97. The second-order valence-electron chi connectivity index (χ2n) is 4.19. The standard InChI is InChI=1S/C15H11F2NO3/c16-12-3-10(1-2-15(19)20)5-14(6-12)21-9-11-4-13(17)8-18-7-11/h1-8H,9H2,(H,19,20)/b2-1+. The summed E-state index contributed by atoms with van der Waals surface area (Å²) < 4.78 is 31.7. The molecule has 0 radical (unpaired) electrons. The van der Waals surface area contributed by atoms with Crippen LogP contribution in [0, 0.1) is 11.6 Å². The highest BCUT2D eigenvalue weighted by molar-refractivity contribution is 5.85. The van der Waals surface area contributed by atoms with Gasteiger partial charge in [-0.3, -0.25) is 4.98 Å². The number of aliphatic carboxylic acids is 1. The summed E-state index contributed by atoms with van der Waals surface area (Å²) in [5, 5.41) is 8.54. The number of aromatic nitrogens is 1. The average molecular weight is 291 g/mol. The van der Waals surface area contributed by atoms with Crippen LogP contribution in [0.25, 0.3) is 6.08 Å². The molecule has 0 spiro atoms. The number of halogens is 2. The average Bonchev–Trinajstić information content (AvgIpc) is 2.43. The summed E-state index contributed by atoms with van der Waals surface area (Å²) >= 11 is 0. The van der Waals surface area contributed by atoms with Crippen LogP contribution in [-0.2, 0) is 11.4 Å². The normalized spacial score (nSPS) is 10.8. The van der Waals surface area contributed by atoms with Crippen molar-refractivity contribution in [2.75, 3.05) is 0 Å². The second kappa shape index (κ2) is 6.60. The van der Waals surface area contributed by atoms with Crippen LogP contribution in [0.4, 0.5) is 8.78 Å². The van der Waals surface area contributed by atoms with Gasteiger partial charge in [0.2, 0.25) is 0 Å². The Balaban J connectivity index is 2.11. The van der Waals surface area contributed by atoms with Crippen molar-refractivity contribution in [2.45, 2.75) is 6.61 Å². The lowest BCUT2D eigenvalue weighted by Gasteiger charge is -2.07. The van der Waals surface area contributed by atoms with Crippen molar-refractivity contribution in [1.29, 1.82) is 0 Å². The van der Waals surface area contributed by atoms with E-state index in [-0.39, 0.29) is 12.4 Å². The van der Waals surface area contributed by atoms with Crippen LogP contribution < -0.4 is 4.74 Å². The van der Waals surface area contributed by atoms with Gasteiger partial charge in [0.15, 0.2) is 0 Å². The molecule has 0 saturated heterocycles. The summed E-state index contributed by atoms with van der Waals surface area (Å²) in [5.74, 6) is -1.97. The smallest absolute Gasteiger partial charge is 0.328 e. The molecule has 21 heavy (non-hydrogen) atoms. The predicted molar refractivity (Wildman–Crippen MR) is 71.6 cm³/mol. The van der Waals surface area contributed by atoms with Crippen molar-refractivity contribution in [3.8, 4) is 5.75 Å². The van der Waals surface area contributed by atoms with E-state index in [1.54, 1.807) is 0 Å². The highest BCUT2D eigenvalue weighted by atomic mass is 19.1. The minimum absolute atomic E-state index is 0.0241. The summed E-state index contributed by atoms with van der Waals surface area (Å²) in [5.41, 5.74) is 0.853. The Morgan fingerprint density at radius 2 is 2.00 bits per heavy atom. The van der Waals surface area contributed by atoms with Crippen LogP contribution >= 0.6 is 0 Å². The molecule has 6 heteroatoms. The van der Waals surface area contributed by atoms with Gasteiger partial charge in [-0.15, -0.1) is 0 Å². The zero-order valence-corrected chi connectivity index (χ0v) is 10.8. The van der Waals surface area contributed by atoms with Gasteiger partial charge in [-0.1, -0.05) is 0 Å². The molecule has 108 valence electrons. The number of benzene rings is 1. The first kappa shape index (κ1) is 14.6. The summed E-state index contributed by atoms with van der Waals surface area (Å²) in [7, 11) is 0. The lowest BCUT2D eigenvalue weighted by atomic mass is 10.2. The number of hydrogen-bond acceptors (Lipinski definition) is 3. The van der Waals surface area contributed by atoms with E-state index < -0.39 is 17.6 Å². The van der Waals surface area contributed by atoms with Crippen LogP contribution in [0.2, 0.25) is 0 Å². The van der Waals surface area contributed by atoms with Gasteiger partial charge in [-0.25, -0.2) is 13.6 Å². The molecule has 0 aliphatic heterocycles. The van der Waals surface area contributed by atoms with Gasteiger partial charge in [-0.2, -0.15) is 0 Å². The summed E-state index contributed by atoms with van der Waals surface area (Å²) in [4.78, 5) is 14.1. The molecule has 1 aromatic carbocycles. The quantitative estimate of drug-likeness (QED) is 0.860. The monoisotopic (exact) mass is 291 g/mol. The molecule has 0 aliphatic rings. The molecule has 2 rings (SSSR count). The van der Waals surface area contributed by atoms with E-state index in [0.29, 0.717) is 11.1 Å². The van der Waals surface area contributed by atoms with Crippen molar-refractivity contribution >= 4 is 12.0 Å². The first-order valence-electron chi connectivity index (χ1n) is 5.97. The molecule has 1 heterocycles. The number of carbonyl (C=O) groups is 1. The second-order valence-corrected chi connectivity index (χ2v) is 4.19. The van der Waals surface area contributed by atoms with Gasteiger partial charge in [0, 0.05) is 23.9 Å². The zero-order valence-electron chi connectivity index (χ0n) is 10.8. The molecule has 0 unspecified atom stereocenters. The zero-order chi connectivity index (χ0) is 15.2. The third-order valence-corrected chi connectivity index (χ3v) is 2.48. The molecular weight excluding hydrogens is 280 g/mol. The number of hydrogen-bond donors (Lipinski definition) is 1. The molecule has 0 aliphatic carbocycles. The van der Waals surface area contributed by atoms with E-state index in [1.165, 1.54) is 30.5 Å². The Kier molecular flexibility index (Phi) is 4.61. The molecule has 0 saturated carbocycles. The maximum Gasteiger partial charge on any atom is 0.328 e. The molecule has 0 fully saturated rings. The van der Waals surface area contributed by atoms with Crippen molar-refractivity contribution in [3.05, 3.63) is 65.5 Å². The summed E-state index contributed by atoms with van der Waals surface area (Å²) in [6.07, 6.45) is 4.66. The van der Waals surface area contributed by atoms with Gasteiger partial charge < -0.3 is 9.84 Å². The van der Waals surface area contributed by atoms with E-state index in [0.717, 1.165) is 18.3 Å². The van der Waals surface area contributed by atoms with Gasteiger partial charge >= 0.3 is 5.97 Å². The molecule has 0 bridgehead atoms. The fourth-order valence-electron chi connectivity index (χ4n) is 1.63. The Bertz CT molecular complexity index is 686. The van der Waals surface area contributed by atoms with Crippen molar-refractivity contribution in [1.82, 2.24) is 4.98 Å². The Morgan fingerprint density at radius 1 is 1.19 bits per heavy atom. The maximum atomic E-state index is 13.4. The fraction of sp³-hybridized carbons (Fsp3) is 0.0667. The van der Waals surface area contributed by atoms with Crippen LogP contribution in [0.15, 0.2) is 42.7 Å². The summed E-state index contributed by atoms with van der Waals surface area (Å²) in [6, 6.07) is 5.08. The van der Waals surface area contributed by atoms with E-state index in [9.17, 15) is 13.6 Å². The van der Waals surface area contributed by atoms with Crippen LogP contribution in [0.3, 0.4) is 0 Å². The van der Waals surface area contributed by atoms with Crippen molar-refractivity contribution in [3.63, 3.8) is 0 Å². The van der Waals surface area contributed by atoms with E-state index in [4.69, 9.17) is 9.84 Å². The number of carboxylic acids is 1. The fourth-order valence-corrected chi connectivity index (χ4v) is 1.63. The van der Waals surface area contributed by atoms with Crippen molar-refractivity contribution in [2.24, 2.45) is 0 Å². The number of carboxylic acid groups (broad SMARTS) is 1. The molecule has 4 nitrogen and oxygen atoms in total. The molecule has 1 N–H and O–H groups in total. The number of rotatable bonds is 5.